The average molecular weight is 288 g/mol. The van der Waals surface area contributed by atoms with E-state index in [1.807, 2.05) is 43.3 Å². The Hall–Kier alpha value is -1.68. The fraction of sp³-hybridized carbons (Fsp3) is 0.0769. The molecular weight excluding hydrogens is 278 g/mol. The standard InChI is InChI=1S/C13H10BrN3/c1-8-2-7-11-13(15-8)17-12(16-11)9-3-5-10(14)6-4-9/h2-7H,1H3,(H,15,16,17). The second kappa shape index (κ2) is 3.96. The quantitative estimate of drug-likeness (QED) is 0.742. The Bertz CT molecular complexity index is 671. The molecule has 3 aromatic rings. The van der Waals surface area contributed by atoms with Gasteiger partial charge >= 0.3 is 0 Å². The number of aromatic amines is 1. The van der Waals surface area contributed by atoms with Crippen LogP contribution in [0.2, 0.25) is 0 Å². The molecule has 4 heteroatoms. The molecule has 3 nitrogen and oxygen atoms in total. The fourth-order valence-corrected chi connectivity index (χ4v) is 2.00. The minimum atomic E-state index is 0.767. The Balaban J connectivity index is 2.14. The van der Waals surface area contributed by atoms with E-state index in [1.165, 1.54) is 0 Å². The number of fused-ring (bicyclic) bond motifs is 1. The summed E-state index contributed by atoms with van der Waals surface area (Å²) in [5.74, 6) is 0.852. The largest absolute Gasteiger partial charge is 0.337 e. The van der Waals surface area contributed by atoms with E-state index in [0.29, 0.717) is 0 Å². The van der Waals surface area contributed by atoms with Gasteiger partial charge in [0.15, 0.2) is 5.65 Å². The van der Waals surface area contributed by atoms with Crippen molar-refractivity contribution in [1.82, 2.24) is 15.0 Å². The summed E-state index contributed by atoms with van der Waals surface area (Å²) in [6.45, 7) is 1.97. The molecule has 0 unspecified atom stereocenters. The van der Waals surface area contributed by atoms with Crippen molar-refractivity contribution in [3.8, 4) is 11.4 Å². The van der Waals surface area contributed by atoms with Gasteiger partial charge in [-0.25, -0.2) is 9.97 Å². The molecule has 3 rings (SSSR count). The SMILES string of the molecule is Cc1ccc2[nH]c(-c3ccc(Br)cc3)nc2n1. The summed E-state index contributed by atoms with van der Waals surface area (Å²) in [6.07, 6.45) is 0. The van der Waals surface area contributed by atoms with E-state index in [2.05, 4.69) is 30.9 Å². The van der Waals surface area contributed by atoms with Gasteiger partial charge in [-0.15, -0.1) is 0 Å². The monoisotopic (exact) mass is 287 g/mol. The third-order valence-electron chi connectivity index (χ3n) is 2.60. The molecule has 84 valence electrons. The number of benzene rings is 1. The van der Waals surface area contributed by atoms with E-state index in [9.17, 15) is 0 Å². The molecule has 0 atom stereocenters. The number of H-pyrrole nitrogens is 1. The Kier molecular flexibility index (Phi) is 2.44. The fourth-order valence-electron chi connectivity index (χ4n) is 1.73. The maximum absolute atomic E-state index is 4.49. The zero-order valence-electron chi connectivity index (χ0n) is 9.24. The Labute approximate surface area is 107 Å². The number of hydrogen-bond donors (Lipinski definition) is 1. The van der Waals surface area contributed by atoms with Crippen molar-refractivity contribution in [2.45, 2.75) is 6.92 Å². The molecule has 0 radical (unpaired) electrons. The summed E-state index contributed by atoms with van der Waals surface area (Å²) in [7, 11) is 0. The molecule has 0 bridgehead atoms. The smallest absolute Gasteiger partial charge is 0.178 e. The van der Waals surface area contributed by atoms with Crippen LogP contribution in [0.15, 0.2) is 40.9 Å². The van der Waals surface area contributed by atoms with E-state index in [1.54, 1.807) is 0 Å². The summed E-state index contributed by atoms with van der Waals surface area (Å²) in [6, 6.07) is 12.0. The number of halogens is 1. The molecule has 0 spiro atoms. The van der Waals surface area contributed by atoms with Crippen LogP contribution in [0.1, 0.15) is 5.69 Å². The van der Waals surface area contributed by atoms with Gasteiger partial charge in [0.05, 0.1) is 5.52 Å². The van der Waals surface area contributed by atoms with E-state index in [-0.39, 0.29) is 0 Å². The van der Waals surface area contributed by atoms with Gasteiger partial charge < -0.3 is 4.98 Å². The first-order valence-electron chi connectivity index (χ1n) is 5.32. The van der Waals surface area contributed by atoms with Crippen LogP contribution in [0.5, 0.6) is 0 Å². The topological polar surface area (TPSA) is 41.6 Å². The molecule has 2 aromatic heterocycles. The van der Waals surface area contributed by atoms with E-state index >= 15 is 0 Å². The van der Waals surface area contributed by atoms with Crippen LogP contribution >= 0.6 is 15.9 Å². The van der Waals surface area contributed by atoms with Crippen LogP contribution in [0, 0.1) is 6.92 Å². The molecule has 0 aliphatic rings. The maximum atomic E-state index is 4.49. The molecule has 0 aliphatic heterocycles. The summed E-state index contributed by atoms with van der Waals surface area (Å²) in [5, 5.41) is 0. The lowest BCUT2D eigenvalue weighted by molar-refractivity contribution is 1.22. The first-order valence-corrected chi connectivity index (χ1v) is 6.11. The molecule has 0 saturated heterocycles. The van der Waals surface area contributed by atoms with Gasteiger partial charge in [0, 0.05) is 15.7 Å². The van der Waals surface area contributed by atoms with Crippen molar-refractivity contribution in [2.24, 2.45) is 0 Å². The van der Waals surface area contributed by atoms with Gasteiger partial charge in [-0.1, -0.05) is 28.1 Å². The summed E-state index contributed by atoms with van der Waals surface area (Å²) in [4.78, 5) is 12.1. The second-order valence-corrected chi connectivity index (χ2v) is 4.83. The number of hydrogen-bond acceptors (Lipinski definition) is 2. The lowest BCUT2D eigenvalue weighted by atomic mass is 10.2. The van der Waals surface area contributed by atoms with E-state index in [0.717, 1.165) is 32.7 Å². The number of imidazole rings is 1. The van der Waals surface area contributed by atoms with Gasteiger partial charge in [-0.05, 0) is 31.2 Å². The van der Waals surface area contributed by atoms with Crippen LogP contribution in [-0.4, -0.2) is 15.0 Å². The molecule has 17 heavy (non-hydrogen) atoms. The summed E-state index contributed by atoms with van der Waals surface area (Å²) >= 11 is 3.42. The molecule has 1 N–H and O–H groups in total. The molecular formula is C13H10BrN3. The van der Waals surface area contributed by atoms with Crippen LogP contribution in [0.4, 0.5) is 0 Å². The molecule has 0 amide bonds. The average Bonchev–Trinajstić information content (AvgIpc) is 2.72. The van der Waals surface area contributed by atoms with Gasteiger partial charge in [0.1, 0.15) is 5.82 Å². The van der Waals surface area contributed by atoms with Crippen molar-refractivity contribution in [2.75, 3.05) is 0 Å². The van der Waals surface area contributed by atoms with Crippen LogP contribution in [0.3, 0.4) is 0 Å². The van der Waals surface area contributed by atoms with Crippen molar-refractivity contribution in [3.05, 3.63) is 46.6 Å². The van der Waals surface area contributed by atoms with E-state index in [4.69, 9.17) is 0 Å². The Morgan fingerprint density at radius 2 is 1.76 bits per heavy atom. The summed E-state index contributed by atoms with van der Waals surface area (Å²) in [5.41, 5.74) is 3.77. The maximum Gasteiger partial charge on any atom is 0.178 e. The van der Waals surface area contributed by atoms with Gasteiger partial charge in [-0.2, -0.15) is 0 Å². The molecule has 0 fully saturated rings. The van der Waals surface area contributed by atoms with Crippen molar-refractivity contribution in [3.63, 3.8) is 0 Å². The minimum Gasteiger partial charge on any atom is -0.337 e. The highest BCUT2D eigenvalue weighted by atomic mass is 79.9. The highest BCUT2D eigenvalue weighted by Crippen LogP contribution is 2.21. The van der Waals surface area contributed by atoms with Crippen molar-refractivity contribution < 1.29 is 0 Å². The molecule has 1 aromatic carbocycles. The third kappa shape index (κ3) is 1.96. The minimum absolute atomic E-state index is 0.767. The van der Waals surface area contributed by atoms with Crippen LogP contribution in [-0.2, 0) is 0 Å². The third-order valence-corrected chi connectivity index (χ3v) is 3.13. The van der Waals surface area contributed by atoms with E-state index < -0.39 is 0 Å². The first-order chi connectivity index (χ1) is 8.22. The predicted molar refractivity (Wildman–Crippen MR) is 71.8 cm³/mol. The normalized spacial score (nSPS) is 10.9. The molecule has 2 heterocycles. The zero-order valence-corrected chi connectivity index (χ0v) is 10.8. The zero-order chi connectivity index (χ0) is 11.8. The lowest BCUT2D eigenvalue weighted by Gasteiger charge is -1.95. The summed E-state index contributed by atoms with van der Waals surface area (Å²) < 4.78 is 1.06. The number of aromatic nitrogens is 3. The number of nitrogens with zero attached hydrogens (tertiary/aromatic N) is 2. The first kappa shape index (κ1) is 10.5. The van der Waals surface area contributed by atoms with Crippen molar-refractivity contribution in [1.29, 1.82) is 0 Å². The Morgan fingerprint density at radius 3 is 2.53 bits per heavy atom. The molecule has 0 saturated carbocycles. The van der Waals surface area contributed by atoms with Crippen LogP contribution < -0.4 is 0 Å². The number of nitrogens with one attached hydrogen (secondary N) is 1. The highest BCUT2D eigenvalue weighted by Gasteiger charge is 2.05. The lowest BCUT2D eigenvalue weighted by Crippen LogP contribution is -1.81. The van der Waals surface area contributed by atoms with Gasteiger partial charge in [0.25, 0.3) is 0 Å². The predicted octanol–water partition coefficient (Wildman–Crippen LogP) is 3.70. The number of aryl methyl sites for hydroxylation is 1. The van der Waals surface area contributed by atoms with Crippen molar-refractivity contribution >= 4 is 27.1 Å². The number of rotatable bonds is 1. The van der Waals surface area contributed by atoms with Gasteiger partial charge in [0.2, 0.25) is 0 Å². The van der Waals surface area contributed by atoms with Crippen LogP contribution in [0.25, 0.3) is 22.6 Å². The van der Waals surface area contributed by atoms with Gasteiger partial charge in [-0.3, -0.25) is 0 Å². The Morgan fingerprint density at radius 1 is 1.00 bits per heavy atom. The molecule has 0 aliphatic carbocycles. The number of pyridine rings is 1. The second-order valence-electron chi connectivity index (χ2n) is 3.92. The highest BCUT2D eigenvalue weighted by molar-refractivity contribution is 9.10.